The second-order valence-electron chi connectivity index (χ2n) is 6.62. The molecule has 1 fully saturated rings. The number of rotatable bonds is 6. The Kier molecular flexibility index (Phi) is 10.1. The van der Waals surface area contributed by atoms with Crippen molar-refractivity contribution in [3.05, 3.63) is 35.4 Å². The van der Waals surface area contributed by atoms with E-state index in [2.05, 4.69) is 15.6 Å². The van der Waals surface area contributed by atoms with Gasteiger partial charge in [-0.05, 0) is 30.5 Å². The van der Waals surface area contributed by atoms with Gasteiger partial charge in [-0.3, -0.25) is 4.79 Å². The molecule has 1 saturated carbocycles. The van der Waals surface area contributed by atoms with Crippen LogP contribution in [0.4, 0.5) is 0 Å². The Hall–Kier alpha value is -1.84. The predicted octanol–water partition coefficient (Wildman–Crippen LogP) is 2.16. The molecule has 2 N–H and O–H groups in total. The van der Waals surface area contributed by atoms with E-state index in [-0.39, 0.29) is 42.4 Å². The van der Waals surface area contributed by atoms with Crippen molar-refractivity contribution in [3.63, 3.8) is 0 Å². The Morgan fingerprint density at radius 2 is 1.81 bits per heavy atom. The van der Waals surface area contributed by atoms with E-state index in [0.29, 0.717) is 24.1 Å². The highest BCUT2D eigenvalue weighted by Gasteiger charge is 2.16. The summed E-state index contributed by atoms with van der Waals surface area (Å²) in [7, 11) is 4.82. The smallest absolute Gasteiger partial charge is 0.337 e. The number of ether oxygens (including phenoxy) is 1. The standard InChI is InChI=1S/C19H28N4O3.HI/c1-23(2)17(24)13-21-19(22-16-6-4-5-7-16)20-12-14-8-10-15(11-9-14)18(25)26-3;/h8-11,16H,4-7,12-13H2,1-3H3,(H2,20,21,22);1H. The molecule has 7 nitrogen and oxygen atoms in total. The Morgan fingerprint density at radius 3 is 2.37 bits per heavy atom. The number of amides is 1. The summed E-state index contributed by atoms with van der Waals surface area (Å²) in [5.41, 5.74) is 1.49. The van der Waals surface area contributed by atoms with Crippen molar-refractivity contribution >= 4 is 41.8 Å². The van der Waals surface area contributed by atoms with Crippen LogP contribution in [0.15, 0.2) is 29.3 Å². The van der Waals surface area contributed by atoms with Crippen LogP contribution in [-0.4, -0.2) is 56.5 Å². The van der Waals surface area contributed by atoms with Crippen molar-refractivity contribution in [2.24, 2.45) is 4.99 Å². The molecule has 0 aromatic heterocycles. The lowest BCUT2D eigenvalue weighted by Gasteiger charge is -2.18. The first kappa shape index (κ1) is 23.2. The summed E-state index contributed by atoms with van der Waals surface area (Å²) in [6.07, 6.45) is 4.68. The van der Waals surface area contributed by atoms with Gasteiger partial charge < -0.3 is 20.3 Å². The maximum atomic E-state index is 11.8. The van der Waals surface area contributed by atoms with E-state index in [1.807, 2.05) is 12.1 Å². The number of hydrogen-bond donors (Lipinski definition) is 2. The number of hydrogen-bond acceptors (Lipinski definition) is 4. The van der Waals surface area contributed by atoms with Crippen LogP contribution in [0, 0.1) is 0 Å². The molecule has 1 aromatic rings. The van der Waals surface area contributed by atoms with Gasteiger partial charge in [-0.25, -0.2) is 9.79 Å². The summed E-state index contributed by atoms with van der Waals surface area (Å²) in [6.45, 7) is 0.659. The van der Waals surface area contributed by atoms with Crippen LogP contribution in [0.3, 0.4) is 0 Å². The van der Waals surface area contributed by atoms with E-state index in [1.165, 1.54) is 20.0 Å². The number of guanidine groups is 1. The number of nitrogens with zero attached hydrogens (tertiary/aromatic N) is 2. The maximum absolute atomic E-state index is 11.8. The van der Waals surface area contributed by atoms with Crippen molar-refractivity contribution < 1.29 is 14.3 Å². The van der Waals surface area contributed by atoms with E-state index in [0.717, 1.165) is 18.4 Å². The van der Waals surface area contributed by atoms with Crippen LogP contribution in [0.25, 0.3) is 0 Å². The number of aliphatic imine (C=N–C) groups is 1. The van der Waals surface area contributed by atoms with E-state index >= 15 is 0 Å². The summed E-state index contributed by atoms with van der Waals surface area (Å²) in [6, 6.07) is 7.56. The Labute approximate surface area is 178 Å². The van der Waals surface area contributed by atoms with Gasteiger partial charge in [0.2, 0.25) is 5.91 Å². The van der Waals surface area contributed by atoms with Crippen LogP contribution >= 0.6 is 24.0 Å². The lowest BCUT2D eigenvalue weighted by molar-refractivity contribution is -0.127. The molecule has 0 heterocycles. The van der Waals surface area contributed by atoms with E-state index < -0.39 is 0 Å². The first-order valence-electron chi connectivity index (χ1n) is 8.92. The second kappa shape index (κ2) is 11.8. The molecule has 1 aromatic carbocycles. The van der Waals surface area contributed by atoms with Gasteiger partial charge in [0.15, 0.2) is 5.96 Å². The largest absolute Gasteiger partial charge is 0.465 e. The summed E-state index contributed by atoms with van der Waals surface area (Å²) < 4.78 is 4.70. The molecule has 27 heavy (non-hydrogen) atoms. The molecular formula is C19H29IN4O3. The topological polar surface area (TPSA) is 83.0 Å². The SMILES string of the molecule is COC(=O)c1ccc(CN=C(NCC(=O)N(C)C)NC2CCCC2)cc1.I. The van der Waals surface area contributed by atoms with Crippen LogP contribution in [0.2, 0.25) is 0 Å². The Bertz CT molecular complexity index is 641. The summed E-state index contributed by atoms with van der Waals surface area (Å²) >= 11 is 0. The number of nitrogens with one attached hydrogen (secondary N) is 2. The van der Waals surface area contributed by atoms with E-state index in [4.69, 9.17) is 4.74 Å². The van der Waals surface area contributed by atoms with Crippen LogP contribution in [0.1, 0.15) is 41.6 Å². The van der Waals surface area contributed by atoms with Crippen molar-refractivity contribution in [3.8, 4) is 0 Å². The van der Waals surface area contributed by atoms with Crippen molar-refractivity contribution in [1.29, 1.82) is 0 Å². The van der Waals surface area contributed by atoms with Crippen molar-refractivity contribution in [2.45, 2.75) is 38.3 Å². The third-order valence-corrected chi connectivity index (χ3v) is 4.40. The minimum absolute atomic E-state index is 0. The first-order chi connectivity index (χ1) is 12.5. The lowest BCUT2D eigenvalue weighted by atomic mass is 10.1. The monoisotopic (exact) mass is 488 g/mol. The fourth-order valence-electron chi connectivity index (χ4n) is 2.77. The van der Waals surface area contributed by atoms with Crippen molar-refractivity contribution in [1.82, 2.24) is 15.5 Å². The molecule has 1 aliphatic carbocycles. The molecule has 0 atom stereocenters. The molecule has 8 heteroatoms. The highest BCUT2D eigenvalue weighted by Crippen LogP contribution is 2.17. The molecular weight excluding hydrogens is 459 g/mol. The first-order valence-corrected chi connectivity index (χ1v) is 8.92. The maximum Gasteiger partial charge on any atom is 0.337 e. The number of carbonyl (C=O) groups is 2. The third-order valence-electron chi connectivity index (χ3n) is 4.40. The molecule has 1 amide bonds. The highest BCUT2D eigenvalue weighted by molar-refractivity contribution is 14.0. The highest BCUT2D eigenvalue weighted by atomic mass is 127. The number of esters is 1. The van der Waals surface area contributed by atoms with E-state index in [9.17, 15) is 9.59 Å². The van der Waals surface area contributed by atoms with Gasteiger partial charge in [0, 0.05) is 20.1 Å². The number of benzene rings is 1. The quantitative estimate of drug-likeness (QED) is 0.278. The average Bonchev–Trinajstić information content (AvgIpc) is 3.16. The molecule has 0 bridgehead atoms. The fourth-order valence-corrected chi connectivity index (χ4v) is 2.77. The van der Waals surface area contributed by atoms with Gasteiger partial charge in [0.25, 0.3) is 0 Å². The average molecular weight is 488 g/mol. The zero-order valence-electron chi connectivity index (χ0n) is 16.2. The summed E-state index contributed by atoms with van der Waals surface area (Å²) in [4.78, 5) is 29.4. The van der Waals surface area contributed by atoms with Crippen LogP contribution in [0.5, 0.6) is 0 Å². The predicted molar refractivity (Wildman–Crippen MR) is 116 cm³/mol. The van der Waals surface area contributed by atoms with Crippen LogP contribution < -0.4 is 10.6 Å². The molecule has 0 saturated heterocycles. The van der Waals surface area contributed by atoms with Gasteiger partial charge >= 0.3 is 5.97 Å². The van der Waals surface area contributed by atoms with Gasteiger partial charge in [0.05, 0.1) is 25.8 Å². The van der Waals surface area contributed by atoms with Gasteiger partial charge in [0.1, 0.15) is 0 Å². The minimum atomic E-state index is -0.354. The summed E-state index contributed by atoms with van der Waals surface area (Å²) in [5.74, 6) is 0.282. The number of methoxy groups -OCH3 is 1. The fraction of sp³-hybridized carbons (Fsp3) is 0.526. The molecule has 0 spiro atoms. The van der Waals surface area contributed by atoms with Gasteiger partial charge in [-0.1, -0.05) is 25.0 Å². The molecule has 1 aliphatic rings. The van der Waals surface area contributed by atoms with Gasteiger partial charge in [-0.2, -0.15) is 0 Å². The Balaban J connectivity index is 0.00000364. The zero-order valence-corrected chi connectivity index (χ0v) is 18.5. The molecule has 0 radical (unpaired) electrons. The number of likely N-dealkylation sites (N-methyl/N-ethyl adjacent to an activating group) is 1. The van der Waals surface area contributed by atoms with Crippen LogP contribution in [-0.2, 0) is 16.1 Å². The van der Waals surface area contributed by atoms with Crippen molar-refractivity contribution in [2.75, 3.05) is 27.7 Å². The summed E-state index contributed by atoms with van der Waals surface area (Å²) in [5, 5.41) is 6.52. The normalized spacial score (nSPS) is 14.3. The number of carbonyl (C=O) groups excluding carboxylic acids is 2. The molecule has 0 aliphatic heterocycles. The minimum Gasteiger partial charge on any atom is -0.465 e. The molecule has 150 valence electrons. The third kappa shape index (κ3) is 7.74. The number of halogens is 1. The zero-order chi connectivity index (χ0) is 18.9. The lowest BCUT2D eigenvalue weighted by Crippen LogP contribution is -2.46. The molecule has 0 unspecified atom stereocenters. The molecule has 2 rings (SSSR count). The Morgan fingerprint density at radius 1 is 1.19 bits per heavy atom. The second-order valence-corrected chi connectivity index (χ2v) is 6.62. The van der Waals surface area contributed by atoms with Gasteiger partial charge in [-0.15, -0.1) is 24.0 Å². The van der Waals surface area contributed by atoms with E-state index in [1.54, 1.807) is 31.1 Å².